The zero-order chi connectivity index (χ0) is 13.9. The van der Waals surface area contributed by atoms with Gasteiger partial charge in [0, 0.05) is 6.54 Å². The molecule has 1 aromatic carbocycles. The predicted molar refractivity (Wildman–Crippen MR) is 64.7 cm³/mol. The Morgan fingerprint density at radius 1 is 1.21 bits per heavy atom. The topological polar surface area (TPSA) is 53.5 Å². The molecule has 1 saturated heterocycles. The van der Waals surface area contributed by atoms with E-state index in [1.165, 1.54) is 12.1 Å². The maximum atomic E-state index is 12.3. The van der Waals surface area contributed by atoms with Crippen LogP contribution in [0.1, 0.15) is 18.4 Å². The van der Waals surface area contributed by atoms with Crippen LogP contribution in [-0.2, 0) is 11.0 Å². The molecule has 0 aromatic heterocycles. The molecule has 19 heavy (non-hydrogen) atoms. The highest BCUT2D eigenvalue weighted by molar-refractivity contribution is 6.39. The van der Waals surface area contributed by atoms with Crippen LogP contribution in [0.5, 0.6) is 0 Å². The van der Waals surface area contributed by atoms with Gasteiger partial charge in [-0.25, -0.2) is 0 Å². The van der Waals surface area contributed by atoms with Gasteiger partial charge in [0.25, 0.3) is 5.91 Å². The van der Waals surface area contributed by atoms with Crippen molar-refractivity contribution in [3.63, 3.8) is 0 Å². The van der Waals surface area contributed by atoms with Gasteiger partial charge in [0.15, 0.2) is 0 Å². The Balaban J connectivity index is 2.04. The van der Waals surface area contributed by atoms with Crippen molar-refractivity contribution < 1.29 is 18.0 Å². The fraction of sp³-hybridized carbons (Fsp3) is 0.333. The number of rotatable bonds is 2. The molecule has 0 aliphatic carbocycles. The van der Waals surface area contributed by atoms with Crippen molar-refractivity contribution in [1.82, 2.24) is 5.32 Å². The molecule has 0 unspecified atom stereocenters. The van der Waals surface area contributed by atoms with Gasteiger partial charge >= 0.3 is 6.18 Å². The molecule has 0 spiro atoms. The van der Waals surface area contributed by atoms with E-state index in [0.29, 0.717) is 24.4 Å². The summed E-state index contributed by atoms with van der Waals surface area (Å²) in [6.45, 7) is 0.623. The highest BCUT2D eigenvalue weighted by Crippen LogP contribution is 2.29. The maximum Gasteiger partial charge on any atom is 0.416 e. The van der Waals surface area contributed by atoms with Crippen LogP contribution >= 0.6 is 0 Å². The molecule has 1 aromatic rings. The van der Waals surface area contributed by atoms with Crippen LogP contribution in [0.2, 0.25) is 0 Å². The van der Waals surface area contributed by atoms with Gasteiger partial charge in [-0.15, -0.1) is 0 Å². The molecule has 1 amide bonds. The Kier molecular flexibility index (Phi) is 3.73. The lowest BCUT2D eigenvalue weighted by Crippen LogP contribution is -2.37. The third-order valence-corrected chi connectivity index (χ3v) is 2.67. The third kappa shape index (κ3) is 3.46. The second-order valence-electron chi connectivity index (χ2n) is 4.10. The van der Waals surface area contributed by atoms with E-state index in [1.807, 2.05) is 0 Å². The molecular formula is C12H12F3N3O. The number of benzene rings is 1. The van der Waals surface area contributed by atoms with Crippen LogP contribution in [-0.4, -0.2) is 18.2 Å². The molecule has 1 aliphatic heterocycles. The first-order valence-electron chi connectivity index (χ1n) is 5.75. The summed E-state index contributed by atoms with van der Waals surface area (Å²) in [5.41, 5.74) is 2.62. The van der Waals surface area contributed by atoms with E-state index in [0.717, 1.165) is 18.6 Å². The quantitative estimate of drug-likeness (QED) is 0.811. The summed E-state index contributed by atoms with van der Waals surface area (Å²) >= 11 is 0. The standard InChI is InChI=1S/C12H12F3N3O/c13-12(14,15)8-3-5-9(6-4-8)17-18-10-2-1-7-16-11(10)19/h3-6,17H,1-2,7H2,(H,16,19)/b18-10+. The molecular weight excluding hydrogens is 259 g/mol. The van der Waals surface area contributed by atoms with Gasteiger partial charge in [0.05, 0.1) is 11.3 Å². The van der Waals surface area contributed by atoms with Crippen molar-refractivity contribution in [2.45, 2.75) is 19.0 Å². The highest BCUT2D eigenvalue weighted by Gasteiger charge is 2.29. The number of amides is 1. The normalized spacial score (nSPS) is 18.3. The molecule has 2 rings (SSSR count). The van der Waals surface area contributed by atoms with Gasteiger partial charge in [-0.1, -0.05) is 0 Å². The molecule has 0 radical (unpaired) electrons. The van der Waals surface area contributed by atoms with Crippen LogP contribution in [0.3, 0.4) is 0 Å². The van der Waals surface area contributed by atoms with Crippen LogP contribution in [0.15, 0.2) is 29.4 Å². The van der Waals surface area contributed by atoms with Crippen molar-refractivity contribution in [3.05, 3.63) is 29.8 Å². The van der Waals surface area contributed by atoms with Gasteiger partial charge < -0.3 is 5.32 Å². The minimum atomic E-state index is -4.35. The van der Waals surface area contributed by atoms with Gasteiger partial charge in [0.2, 0.25) is 0 Å². The molecule has 102 valence electrons. The molecule has 0 atom stereocenters. The van der Waals surface area contributed by atoms with Crippen molar-refractivity contribution in [1.29, 1.82) is 0 Å². The molecule has 4 nitrogen and oxygen atoms in total. The van der Waals surface area contributed by atoms with E-state index >= 15 is 0 Å². The monoisotopic (exact) mass is 271 g/mol. The zero-order valence-corrected chi connectivity index (χ0v) is 9.92. The van der Waals surface area contributed by atoms with E-state index in [-0.39, 0.29) is 5.91 Å². The van der Waals surface area contributed by atoms with Gasteiger partial charge in [-0.2, -0.15) is 18.3 Å². The summed E-state index contributed by atoms with van der Waals surface area (Å²) in [6.07, 6.45) is -2.99. The van der Waals surface area contributed by atoms with Gasteiger partial charge in [-0.05, 0) is 37.1 Å². The molecule has 1 aliphatic rings. The number of hydrogen-bond acceptors (Lipinski definition) is 3. The first-order chi connectivity index (χ1) is 8.97. The Morgan fingerprint density at radius 2 is 1.89 bits per heavy atom. The number of halogens is 3. The van der Waals surface area contributed by atoms with Gasteiger partial charge in [-0.3, -0.25) is 10.2 Å². The number of hydrazone groups is 1. The van der Waals surface area contributed by atoms with Crippen molar-refractivity contribution in [2.24, 2.45) is 5.10 Å². The van der Waals surface area contributed by atoms with Crippen molar-refractivity contribution >= 4 is 17.3 Å². The fourth-order valence-corrected chi connectivity index (χ4v) is 1.65. The first kappa shape index (κ1) is 13.4. The number of carbonyl (C=O) groups is 1. The number of alkyl halides is 3. The summed E-state index contributed by atoms with van der Waals surface area (Å²) in [6, 6.07) is 4.47. The van der Waals surface area contributed by atoms with Crippen molar-refractivity contribution in [2.75, 3.05) is 12.0 Å². The summed E-state index contributed by atoms with van der Waals surface area (Å²) in [5.74, 6) is -0.245. The number of nitrogens with zero attached hydrogens (tertiary/aromatic N) is 1. The summed E-state index contributed by atoms with van der Waals surface area (Å²) in [4.78, 5) is 11.4. The molecule has 0 saturated carbocycles. The lowest BCUT2D eigenvalue weighted by Gasteiger charge is -2.13. The minimum absolute atomic E-state index is 0.245. The highest BCUT2D eigenvalue weighted by atomic mass is 19.4. The third-order valence-electron chi connectivity index (χ3n) is 2.67. The summed E-state index contributed by atoms with van der Waals surface area (Å²) in [5, 5.41) is 6.54. The maximum absolute atomic E-state index is 12.3. The predicted octanol–water partition coefficient (Wildman–Crippen LogP) is 2.38. The van der Waals surface area contributed by atoms with E-state index in [9.17, 15) is 18.0 Å². The summed E-state index contributed by atoms with van der Waals surface area (Å²) < 4.78 is 37.0. The van der Waals surface area contributed by atoms with Gasteiger partial charge in [0.1, 0.15) is 5.71 Å². The molecule has 0 bridgehead atoms. The summed E-state index contributed by atoms with van der Waals surface area (Å²) in [7, 11) is 0. The van der Waals surface area contributed by atoms with E-state index < -0.39 is 11.7 Å². The first-order valence-corrected chi connectivity index (χ1v) is 5.75. The second-order valence-corrected chi connectivity index (χ2v) is 4.10. The lowest BCUT2D eigenvalue weighted by molar-refractivity contribution is -0.137. The fourth-order valence-electron chi connectivity index (χ4n) is 1.65. The Labute approximate surface area is 107 Å². The SMILES string of the molecule is O=C1NCCC/C1=N\Nc1ccc(C(F)(F)F)cc1. The van der Waals surface area contributed by atoms with Crippen LogP contribution in [0, 0.1) is 0 Å². The minimum Gasteiger partial charge on any atom is -0.351 e. The zero-order valence-electron chi connectivity index (χ0n) is 9.92. The second kappa shape index (κ2) is 5.29. The number of anilines is 1. The smallest absolute Gasteiger partial charge is 0.351 e. The number of carbonyl (C=O) groups excluding carboxylic acids is 1. The van der Waals surface area contributed by atoms with Crippen LogP contribution in [0.25, 0.3) is 0 Å². The Morgan fingerprint density at radius 3 is 2.47 bits per heavy atom. The molecule has 1 heterocycles. The average molecular weight is 271 g/mol. The van der Waals surface area contributed by atoms with Crippen LogP contribution < -0.4 is 10.7 Å². The van der Waals surface area contributed by atoms with Crippen molar-refractivity contribution in [3.8, 4) is 0 Å². The lowest BCUT2D eigenvalue weighted by atomic mass is 10.1. The molecule has 2 N–H and O–H groups in total. The number of piperidine rings is 1. The van der Waals surface area contributed by atoms with Crippen LogP contribution in [0.4, 0.5) is 18.9 Å². The largest absolute Gasteiger partial charge is 0.416 e. The average Bonchev–Trinajstić information content (AvgIpc) is 2.37. The number of nitrogens with one attached hydrogen (secondary N) is 2. The van der Waals surface area contributed by atoms with E-state index in [1.54, 1.807) is 0 Å². The molecule has 1 fully saturated rings. The molecule has 7 heteroatoms. The van der Waals surface area contributed by atoms with E-state index in [4.69, 9.17) is 0 Å². The Bertz CT molecular complexity index is 494. The number of hydrogen-bond donors (Lipinski definition) is 2. The Hall–Kier alpha value is -2.05. The van der Waals surface area contributed by atoms with E-state index in [2.05, 4.69) is 15.8 Å².